The molecule has 2 aromatic rings. The number of carbonyl (C=O) groups excluding carboxylic acids is 1. The number of H-pyrrole nitrogens is 1. The van der Waals surface area contributed by atoms with Crippen LogP contribution in [0.4, 0.5) is 0 Å². The summed E-state index contributed by atoms with van der Waals surface area (Å²) in [4.78, 5) is 24.0. The van der Waals surface area contributed by atoms with Crippen molar-refractivity contribution >= 4 is 5.91 Å². The molecule has 1 aliphatic heterocycles. The summed E-state index contributed by atoms with van der Waals surface area (Å²) < 4.78 is 5.71. The summed E-state index contributed by atoms with van der Waals surface area (Å²) in [5, 5.41) is 8.93. The van der Waals surface area contributed by atoms with Crippen molar-refractivity contribution in [3.8, 4) is 11.8 Å². The van der Waals surface area contributed by atoms with E-state index in [1.165, 1.54) is 0 Å². The Kier molecular flexibility index (Phi) is 5.31. The molecular formula is C18H21N5O2. The van der Waals surface area contributed by atoms with Gasteiger partial charge in [0, 0.05) is 38.6 Å². The molecule has 1 aromatic heterocycles. The fraction of sp³-hybridized carbons (Fsp3) is 0.389. The summed E-state index contributed by atoms with van der Waals surface area (Å²) in [5.41, 5.74) is 0.517. The van der Waals surface area contributed by atoms with Gasteiger partial charge in [0.25, 0.3) is 5.91 Å². The molecule has 0 radical (unpaired) electrons. The van der Waals surface area contributed by atoms with E-state index in [1.54, 1.807) is 37.4 Å². The van der Waals surface area contributed by atoms with Crippen LogP contribution in [0.25, 0.3) is 0 Å². The number of benzene rings is 1. The highest BCUT2D eigenvalue weighted by Crippen LogP contribution is 2.16. The molecule has 0 bridgehead atoms. The number of aromatic nitrogens is 2. The quantitative estimate of drug-likeness (QED) is 0.890. The molecule has 2 heterocycles. The number of nitrogens with zero attached hydrogens (tertiary/aromatic N) is 4. The number of nitrogens with one attached hydrogen (secondary N) is 1. The Labute approximate surface area is 146 Å². The number of carbonyl (C=O) groups is 1. The van der Waals surface area contributed by atoms with Crippen molar-refractivity contribution in [2.75, 3.05) is 26.2 Å². The maximum Gasteiger partial charge on any atom is 0.263 e. The zero-order valence-electron chi connectivity index (χ0n) is 14.2. The van der Waals surface area contributed by atoms with Gasteiger partial charge in [-0.3, -0.25) is 9.69 Å². The van der Waals surface area contributed by atoms with Gasteiger partial charge in [0.2, 0.25) is 0 Å². The molecule has 0 spiro atoms. The normalized spacial score (nSPS) is 16.2. The summed E-state index contributed by atoms with van der Waals surface area (Å²) in [6.45, 7) is 5.47. The van der Waals surface area contributed by atoms with E-state index in [-0.39, 0.29) is 5.91 Å². The van der Waals surface area contributed by atoms with Gasteiger partial charge in [-0.05, 0) is 25.1 Å². The standard InChI is InChI=1S/C18H21N5O2/c1-14(25-16-4-2-3-15(11-16)12-19)18(24)23-9-7-22(8-10-23)13-17-20-5-6-21-17/h2-6,11,14H,7-10,13H2,1H3,(H,20,21)/t14-/m1/s1. The zero-order valence-corrected chi connectivity index (χ0v) is 14.2. The third-order valence-electron chi connectivity index (χ3n) is 4.24. The van der Waals surface area contributed by atoms with Crippen LogP contribution in [0.1, 0.15) is 18.3 Å². The highest BCUT2D eigenvalue weighted by atomic mass is 16.5. The molecule has 0 saturated carbocycles. The fourth-order valence-electron chi connectivity index (χ4n) is 2.87. The molecule has 7 nitrogen and oxygen atoms in total. The minimum Gasteiger partial charge on any atom is -0.481 e. The average molecular weight is 339 g/mol. The fourth-order valence-corrected chi connectivity index (χ4v) is 2.87. The molecule has 1 atom stereocenters. The van der Waals surface area contributed by atoms with Crippen LogP contribution < -0.4 is 4.74 Å². The molecule has 1 N–H and O–H groups in total. The summed E-state index contributed by atoms with van der Waals surface area (Å²) in [6.07, 6.45) is 2.98. The highest BCUT2D eigenvalue weighted by Gasteiger charge is 2.26. The summed E-state index contributed by atoms with van der Waals surface area (Å²) in [7, 11) is 0. The molecule has 7 heteroatoms. The molecule has 0 unspecified atom stereocenters. The van der Waals surface area contributed by atoms with Crippen LogP contribution in [0.2, 0.25) is 0 Å². The van der Waals surface area contributed by atoms with Crippen molar-refractivity contribution in [2.24, 2.45) is 0 Å². The number of ether oxygens (including phenoxy) is 1. The van der Waals surface area contributed by atoms with Crippen LogP contribution in [0, 0.1) is 11.3 Å². The number of imidazole rings is 1. The summed E-state index contributed by atoms with van der Waals surface area (Å²) in [5.74, 6) is 1.45. The van der Waals surface area contributed by atoms with E-state index in [9.17, 15) is 4.79 Å². The van der Waals surface area contributed by atoms with Crippen molar-refractivity contribution in [1.82, 2.24) is 19.8 Å². The van der Waals surface area contributed by atoms with Crippen molar-refractivity contribution in [3.05, 3.63) is 48.0 Å². The molecule has 1 aromatic carbocycles. The Morgan fingerprint density at radius 1 is 1.40 bits per heavy atom. The van der Waals surface area contributed by atoms with Gasteiger partial charge in [0.15, 0.2) is 6.10 Å². The summed E-state index contributed by atoms with van der Waals surface area (Å²) >= 11 is 0. The first-order valence-corrected chi connectivity index (χ1v) is 8.32. The summed E-state index contributed by atoms with van der Waals surface area (Å²) in [6, 6.07) is 8.92. The van der Waals surface area contributed by atoms with Crippen LogP contribution in [0.5, 0.6) is 5.75 Å². The first kappa shape index (κ1) is 17.0. The molecule has 25 heavy (non-hydrogen) atoms. The predicted molar refractivity (Wildman–Crippen MR) is 91.7 cm³/mol. The Bertz CT molecular complexity index is 745. The van der Waals surface area contributed by atoms with Crippen LogP contribution in [-0.2, 0) is 11.3 Å². The minimum absolute atomic E-state index is 0.0278. The maximum absolute atomic E-state index is 12.6. The number of hydrogen-bond donors (Lipinski definition) is 1. The first-order valence-electron chi connectivity index (χ1n) is 8.32. The number of piperazine rings is 1. The van der Waals surface area contributed by atoms with Gasteiger partial charge in [-0.2, -0.15) is 5.26 Å². The van der Waals surface area contributed by atoms with Gasteiger partial charge in [-0.1, -0.05) is 6.07 Å². The lowest BCUT2D eigenvalue weighted by Crippen LogP contribution is -2.51. The highest BCUT2D eigenvalue weighted by molar-refractivity contribution is 5.81. The average Bonchev–Trinajstić information content (AvgIpc) is 3.15. The number of rotatable bonds is 5. The lowest BCUT2D eigenvalue weighted by atomic mass is 10.2. The Morgan fingerprint density at radius 2 is 2.20 bits per heavy atom. The molecule has 1 fully saturated rings. The van der Waals surface area contributed by atoms with E-state index >= 15 is 0 Å². The smallest absolute Gasteiger partial charge is 0.263 e. The molecular weight excluding hydrogens is 318 g/mol. The third kappa shape index (κ3) is 4.37. The van der Waals surface area contributed by atoms with Crippen LogP contribution in [0.15, 0.2) is 36.7 Å². The second kappa shape index (κ2) is 7.81. The van der Waals surface area contributed by atoms with Crippen molar-refractivity contribution in [1.29, 1.82) is 5.26 Å². The lowest BCUT2D eigenvalue weighted by Gasteiger charge is -2.35. The number of hydrogen-bond acceptors (Lipinski definition) is 5. The van der Waals surface area contributed by atoms with E-state index in [4.69, 9.17) is 10.00 Å². The van der Waals surface area contributed by atoms with Crippen molar-refractivity contribution < 1.29 is 9.53 Å². The van der Waals surface area contributed by atoms with Gasteiger partial charge < -0.3 is 14.6 Å². The molecule has 3 rings (SSSR count). The molecule has 130 valence electrons. The molecule has 1 amide bonds. The molecule has 0 aliphatic carbocycles. The van der Waals surface area contributed by atoms with E-state index in [0.717, 1.165) is 25.5 Å². The minimum atomic E-state index is -0.578. The van der Waals surface area contributed by atoms with Gasteiger partial charge >= 0.3 is 0 Å². The second-order valence-corrected chi connectivity index (χ2v) is 6.04. The van der Waals surface area contributed by atoms with Crippen LogP contribution in [0.3, 0.4) is 0 Å². The molecule has 1 aliphatic rings. The van der Waals surface area contributed by atoms with E-state index in [0.29, 0.717) is 24.4 Å². The van der Waals surface area contributed by atoms with Gasteiger partial charge in [0.1, 0.15) is 11.6 Å². The first-order chi connectivity index (χ1) is 12.2. The zero-order chi connectivity index (χ0) is 17.6. The Balaban J connectivity index is 1.50. The SMILES string of the molecule is C[C@@H](Oc1cccc(C#N)c1)C(=O)N1CCN(Cc2ncc[nH]2)CC1. The third-order valence-corrected chi connectivity index (χ3v) is 4.24. The Hall–Kier alpha value is -2.85. The van der Waals surface area contributed by atoms with Crippen LogP contribution in [-0.4, -0.2) is 58.0 Å². The number of nitriles is 1. The van der Waals surface area contributed by atoms with Crippen LogP contribution >= 0.6 is 0 Å². The van der Waals surface area contributed by atoms with Crippen molar-refractivity contribution in [3.63, 3.8) is 0 Å². The van der Waals surface area contributed by atoms with Crippen molar-refractivity contribution in [2.45, 2.75) is 19.6 Å². The lowest BCUT2D eigenvalue weighted by molar-refractivity contribution is -0.139. The van der Waals surface area contributed by atoms with Gasteiger partial charge in [-0.15, -0.1) is 0 Å². The molecule has 1 saturated heterocycles. The Morgan fingerprint density at radius 3 is 2.88 bits per heavy atom. The number of amides is 1. The second-order valence-electron chi connectivity index (χ2n) is 6.04. The van der Waals surface area contributed by atoms with E-state index in [2.05, 4.69) is 20.9 Å². The topological polar surface area (TPSA) is 85.2 Å². The monoisotopic (exact) mass is 339 g/mol. The van der Waals surface area contributed by atoms with Gasteiger partial charge in [0.05, 0.1) is 18.2 Å². The van der Waals surface area contributed by atoms with Gasteiger partial charge in [-0.25, -0.2) is 4.98 Å². The number of aromatic amines is 1. The van der Waals surface area contributed by atoms with E-state index in [1.807, 2.05) is 11.1 Å². The largest absolute Gasteiger partial charge is 0.481 e. The maximum atomic E-state index is 12.6. The predicted octanol–water partition coefficient (Wildman–Crippen LogP) is 1.39. The van der Waals surface area contributed by atoms with E-state index < -0.39 is 6.10 Å².